The topological polar surface area (TPSA) is 16.6 Å². The van der Waals surface area contributed by atoms with E-state index >= 15 is 0 Å². The van der Waals surface area contributed by atoms with E-state index in [0.717, 1.165) is 6.04 Å². The van der Waals surface area contributed by atoms with E-state index in [1.165, 1.54) is 42.1 Å². The summed E-state index contributed by atoms with van der Waals surface area (Å²) < 4.78 is 0. The second-order valence-corrected chi connectivity index (χ2v) is 4.77. The SMILES string of the molecule is c1ccc2c(C[C@@H]3CCC[NH2+]3)cccc2c1. The summed E-state index contributed by atoms with van der Waals surface area (Å²) in [6, 6.07) is 16.2. The zero-order valence-corrected chi connectivity index (χ0v) is 9.52. The van der Waals surface area contributed by atoms with Gasteiger partial charge in [0.2, 0.25) is 0 Å². The number of hydrogen-bond donors (Lipinski definition) is 1. The largest absolute Gasteiger partial charge is 0.344 e. The van der Waals surface area contributed by atoms with Crippen molar-refractivity contribution >= 4 is 10.8 Å². The molecule has 1 aliphatic rings. The summed E-state index contributed by atoms with van der Waals surface area (Å²) in [4.78, 5) is 0. The predicted octanol–water partition coefficient (Wildman–Crippen LogP) is 2.11. The molecule has 1 saturated heterocycles. The quantitative estimate of drug-likeness (QED) is 0.785. The molecule has 0 radical (unpaired) electrons. The molecule has 3 rings (SSSR count). The lowest BCUT2D eigenvalue weighted by atomic mass is 9.98. The zero-order chi connectivity index (χ0) is 10.8. The van der Waals surface area contributed by atoms with Crippen LogP contribution in [0.3, 0.4) is 0 Å². The lowest BCUT2D eigenvalue weighted by Crippen LogP contribution is -2.87. The molecular weight excluding hydrogens is 194 g/mol. The molecule has 2 N–H and O–H groups in total. The van der Waals surface area contributed by atoms with E-state index < -0.39 is 0 Å². The molecule has 1 atom stereocenters. The van der Waals surface area contributed by atoms with Gasteiger partial charge in [-0.2, -0.15) is 0 Å². The van der Waals surface area contributed by atoms with Crippen molar-refractivity contribution in [3.63, 3.8) is 0 Å². The maximum Gasteiger partial charge on any atom is 0.0902 e. The van der Waals surface area contributed by atoms with Crippen molar-refractivity contribution in [3.05, 3.63) is 48.0 Å². The molecule has 0 spiro atoms. The summed E-state index contributed by atoms with van der Waals surface area (Å²) in [7, 11) is 0. The molecule has 0 amide bonds. The molecule has 1 heterocycles. The molecule has 1 heteroatoms. The molecule has 2 aromatic rings. The summed E-state index contributed by atoms with van der Waals surface area (Å²) in [6.45, 7) is 1.31. The fourth-order valence-corrected chi connectivity index (χ4v) is 2.79. The van der Waals surface area contributed by atoms with Crippen molar-refractivity contribution in [1.29, 1.82) is 0 Å². The van der Waals surface area contributed by atoms with Crippen molar-refractivity contribution in [3.8, 4) is 0 Å². The van der Waals surface area contributed by atoms with Crippen molar-refractivity contribution in [2.75, 3.05) is 6.54 Å². The monoisotopic (exact) mass is 212 g/mol. The Morgan fingerprint density at radius 1 is 1.06 bits per heavy atom. The van der Waals surface area contributed by atoms with Gasteiger partial charge >= 0.3 is 0 Å². The molecule has 0 bridgehead atoms. The molecule has 0 unspecified atom stereocenters. The number of rotatable bonds is 2. The van der Waals surface area contributed by atoms with Gasteiger partial charge < -0.3 is 5.32 Å². The van der Waals surface area contributed by atoms with Gasteiger partial charge in [0, 0.05) is 19.3 Å². The third kappa shape index (κ3) is 1.83. The summed E-state index contributed by atoms with van der Waals surface area (Å²) in [6.07, 6.45) is 3.99. The normalized spacial score (nSPS) is 20.4. The minimum atomic E-state index is 0.811. The van der Waals surface area contributed by atoms with Crippen LogP contribution >= 0.6 is 0 Å². The second kappa shape index (κ2) is 4.26. The molecule has 0 aliphatic carbocycles. The van der Waals surface area contributed by atoms with Crippen LogP contribution in [-0.4, -0.2) is 12.6 Å². The molecule has 0 saturated carbocycles. The van der Waals surface area contributed by atoms with Crippen LogP contribution in [0.5, 0.6) is 0 Å². The number of hydrogen-bond acceptors (Lipinski definition) is 0. The van der Waals surface area contributed by atoms with Crippen LogP contribution in [0.15, 0.2) is 42.5 Å². The molecule has 2 aromatic carbocycles. The Morgan fingerprint density at radius 3 is 2.81 bits per heavy atom. The summed E-state index contributed by atoms with van der Waals surface area (Å²) in [5.41, 5.74) is 1.52. The highest BCUT2D eigenvalue weighted by molar-refractivity contribution is 5.85. The molecule has 16 heavy (non-hydrogen) atoms. The number of fused-ring (bicyclic) bond motifs is 1. The van der Waals surface area contributed by atoms with Crippen molar-refractivity contribution in [2.45, 2.75) is 25.3 Å². The Bertz CT molecular complexity index is 478. The summed E-state index contributed by atoms with van der Waals surface area (Å²) in [5.74, 6) is 0. The summed E-state index contributed by atoms with van der Waals surface area (Å²) in [5, 5.41) is 5.31. The van der Waals surface area contributed by atoms with Crippen LogP contribution in [0.4, 0.5) is 0 Å². The Kier molecular flexibility index (Phi) is 2.63. The van der Waals surface area contributed by atoms with Crippen molar-refractivity contribution in [2.24, 2.45) is 0 Å². The zero-order valence-electron chi connectivity index (χ0n) is 9.52. The first-order valence-electron chi connectivity index (χ1n) is 6.23. The lowest BCUT2D eigenvalue weighted by molar-refractivity contribution is -0.669. The van der Waals surface area contributed by atoms with Crippen LogP contribution in [0.25, 0.3) is 10.8 Å². The van der Waals surface area contributed by atoms with Gasteiger partial charge in [0.15, 0.2) is 0 Å². The van der Waals surface area contributed by atoms with Gasteiger partial charge in [0.25, 0.3) is 0 Å². The number of nitrogens with two attached hydrogens (primary N) is 1. The van der Waals surface area contributed by atoms with Crippen LogP contribution in [0.2, 0.25) is 0 Å². The van der Waals surface area contributed by atoms with Gasteiger partial charge in [0.1, 0.15) is 0 Å². The average molecular weight is 212 g/mol. The van der Waals surface area contributed by atoms with Crippen molar-refractivity contribution in [1.82, 2.24) is 0 Å². The first kappa shape index (κ1) is 9.86. The molecule has 1 fully saturated rings. The Balaban J connectivity index is 1.96. The first-order chi connectivity index (χ1) is 7.93. The van der Waals surface area contributed by atoms with E-state index in [0.29, 0.717) is 0 Å². The highest BCUT2D eigenvalue weighted by Crippen LogP contribution is 2.20. The fourth-order valence-electron chi connectivity index (χ4n) is 2.79. The van der Waals surface area contributed by atoms with E-state index in [1.54, 1.807) is 0 Å². The Morgan fingerprint density at radius 2 is 1.94 bits per heavy atom. The standard InChI is InChI=1S/C15H17N/c1-2-9-15-12(5-1)6-3-7-13(15)11-14-8-4-10-16-14/h1-3,5-7,9,14,16H,4,8,10-11H2/p+1/t14-/m0/s1. The first-order valence-corrected chi connectivity index (χ1v) is 6.23. The molecule has 1 aliphatic heterocycles. The average Bonchev–Trinajstić information content (AvgIpc) is 2.82. The molecule has 1 nitrogen and oxygen atoms in total. The van der Waals surface area contributed by atoms with Crippen molar-refractivity contribution < 1.29 is 5.32 Å². The summed E-state index contributed by atoms with van der Waals surface area (Å²) >= 11 is 0. The Labute approximate surface area is 96.5 Å². The van der Waals surface area contributed by atoms with Crippen LogP contribution in [-0.2, 0) is 6.42 Å². The van der Waals surface area contributed by atoms with Crippen LogP contribution < -0.4 is 5.32 Å². The Hall–Kier alpha value is -1.34. The van der Waals surface area contributed by atoms with E-state index in [4.69, 9.17) is 0 Å². The molecule has 82 valence electrons. The van der Waals surface area contributed by atoms with Gasteiger partial charge in [-0.15, -0.1) is 0 Å². The number of benzene rings is 2. The van der Waals surface area contributed by atoms with E-state index in [1.807, 2.05) is 0 Å². The fraction of sp³-hybridized carbons (Fsp3) is 0.333. The van der Waals surface area contributed by atoms with Gasteiger partial charge in [-0.25, -0.2) is 0 Å². The lowest BCUT2D eigenvalue weighted by Gasteiger charge is -2.09. The van der Waals surface area contributed by atoms with Crippen LogP contribution in [0.1, 0.15) is 18.4 Å². The van der Waals surface area contributed by atoms with Gasteiger partial charge in [-0.1, -0.05) is 42.5 Å². The molecule has 0 aromatic heterocycles. The predicted molar refractivity (Wildman–Crippen MR) is 67.5 cm³/mol. The van der Waals surface area contributed by atoms with Crippen LogP contribution in [0, 0.1) is 0 Å². The minimum absolute atomic E-state index is 0.811. The van der Waals surface area contributed by atoms with Gasteiger partial charge in [-0.05, 0) is 16.3 Å². The highest BCUT2D eigenvalue weighted by Gasteiger charge is 2.19. The highest BCUT2D eigenvalue weighted by atomic mass is 14.9. The third-order valence-corrected chi connectivity index (χ3v) is 3.64. The maximum absolute atomic E-state index is 2.50. The van der Waals surface area contributed by atoms with Gasteiger partial charge in [-0.3, -0.25) is 0 Å². The minimum Gasteiger partial charge on any atom is -0.344 e. The maximum atomic E-state index is 2.50. The number of quaternary nitrogens is 1. The van der Waals surface area contributed by atoms with Gasteiger partial charge in [0.05, 0.1) is 12.6 Å². The van der Waals surface area contributed by atoms with E-state index in [-0.39, 0.29) is 0 Å². The third-order valence-electron chi connectivity index (χ3n) is 3.64. The van der Waals surface area contributed by atoms with E-state index in [2.05, 4.69) is 47.8 Å². The second-order valence-electron chi connectivity index (χ2n) is 4.77. The van der Waals surface area contributed by atoms with E-state index in [9.17, 15) is 0 Å². The smallest absolute Gasteiger partial charge is 0.0902 e. The molecular formula is C15H18N+.